The maximum Gasteiger partial charge on any atom is 0.0602 e. The second kappa shape index (κ2) is 10.3. The van der Waals surface area contributed by atoms with Crippen LogP contribution in [-0.4, -0.2) is 37.6 Å². The SMILES string of the molecule is O=S([O-])N(Cc1ccccc1)CC1CN(C(c2ccc(Cl)cc2)c2ccc(Cl)cc2)C1. The smallest absolute Gasteiger partial charge is 0.0602 e. The van der Waals surface area contributed by atoms with E-state index in [0.29, 0.717) is 23.1 Å². The fraction of sp³-hybridized carbons (Fsp3) is 0.250. The van der Waals surface area contributed by atoms with Crippen LogP contribution < -0.4 is 0 Å². The lowest BCUT2D eigenvalue weighted by atomic mass is 9.90. The summed E-state index contributed by atoms with van der Waals surface area (Å²) in [5.74, 6) is 0.281. The van der Waals surface area contributed by atoms with E-state index < -0.39 is 11.3 Å². The lowest BCUT2D eigenvalue weighted by Crippen LogP contribution is -2.52. The Morgan fingerprint density at radius 3 is 1.90 bits per heavy atom. The molecule has 0 N–H and O–H groups in total. The van der Waals surface area contributed by atoms with Crippen LogP contribution in [0.3, 0.4) is 0 Å². The molecule has 0 spiro atoms. The highest BCUT2D eigenvalue weighted by molar-refractivity contribution is 7.76. The van der Waals surface area contributed by atoms with Gasteiger partial charge in [0.25, 0.3) is 0 Å². The van der Waals surface area contributed by atoms with E-state index in [1.807, 2.05) is 78.9 Å². The van der Waals surface area contributed by atoms with Gasteiger partial charge >= 0.3 is 0 Å². The van der Waals surface area contributed by atoms with Gasteiger partial charge in [0, 0.05) is 47.5 Å². The maximum atomic E-state index is 11.8. The molecule has 1 unspecified atom stereocenters. The molecule has 4 rings (SSSR count). The Balaban J connectivity index is 1.46. The van der Waals surface area contributed by atoms with E-state index in [4.69, 9.17) is 23.2 Å². The minimum absolute atomic E-state index is 0.0751. The molecule has 0 radical (unpaired) electrons. The van der Waals surface area contributed by atoms with Crippen LogP contribution in [0.5, 0.6) is 0 Å². The standard InChI is InChI=1S/C24H24Cl2N2O2S/c25-22-10-6-20(7-11-22)24(21-8-12-23(26)13-9-21)27-14-19(15-27)17-28(31(29)30)16-18-4-2-1-3-5-18/h1-13,19,24H,14-17H2,(H,29,30)/p-1. The van der Waals surface area contributed by atoms with Gasteiger partial charge in [-0.3, -0.25) is 9.11 Å². The molecule has 7 heteroatoms. The van der Waals surface area contributed by atoms with E-state index in [9.17, 15) is 8.76 Å². The molecule has 1 fully saturated rings. The molecular weight excluding hydrogens is 451 g/mol. The molecular formula is C24H23Cl2N2O2S-. The van der Waals surface area contributed by atoms with E-state index >= 15 is 0 Å². The lowest BCUT2D eigenvalue weighted by Gasteiger charge is -2.46. The molecule has 162 valence electrons. The second-order valence-corrected chi connectivity index (χ2v) is 9.67. The molecule has 3 aromatic rings. The molecule has 1 saturated heterocycles. The number of benzene rings is 3. The van der Waals surface area contributed by atoms with Crippen molar-refractivity contribution in [1.82, 2.24) is 9.21 Å². The largest absolute Gasteiger partial charge is 0.760 e. The van der Waals surface area contributed by atoms with Crippen molar-refractivity contribution < 1.29 is 8.76 Å². The van der Waals surface area contributed by atoms with Gasteiger partial charge in [-0.05, 0) is 46.9 Å². The zero-order chi connectivity index (χ0) is 21.8. The van der Waals surface area contributed by atoms with Gasteiger partial charge in [0.1, 0.15) is 0 Å². The first-order valence-corrected chi connectivity index (χ1v) is 11.9. The Kier molecular flexibility index (Phi) is 7.43. The molecule has 4 nitrogen and oxygen atoms in total. The molecule has 1 atom stereocenters. The molecule has 0 aromatic heterocycles. The van der Waals surface area contributed by atoms with Gasteiger partial charge < -0.3 is 4.55 Å². The van der Waals surface area contributed by atoms with Crippen molar-refractivity contribution in [3.05, 3.63) is 106 Å². The predicted molar refractivity (Wildman–Crippen MR) is 126 cm³/mol. The average Bonchev–Trinajstić information content (AvgIpc) is 2.74. The summed E-state index contributed by atoms with van der Waals surface area (Å²) in [6, 6.07) is 25.5. The van der Waals surface area contributed by atoms with Gasteiger partial charge in [-0.15, -0.1) is 0 Å². The highest BCUT2D eigenvalue weighted by atomic mass is 35.5. The van der Waals surface area contributed by atoms with Crippen molar-refractivity contribution in [3.8, 4) is 0 Å². The van der Waals surface area contributed by atoms with Crippen molar-refractivity contribution in [3.63, 3.8) is 0 Å². The number of halogens is 2. The van der Waals surface area contributed by atoms with E-state index in [1.54, 1.807) is 0 Å². The zero-order valence-electron chi connectivity index (χ0n) is 16.9. The van der Waals surface area contributed by atoms with Gasteiger partial charge in [-0.2, -0.15) is 0 Å². The number of nitrogens with zero attached hydrogens (tertiary/aromatic N) is 2. The molecule has 31 heavy (non-hydrogen) atoms. The van der Waals surface area contributed by atoms with Crippen molar-refractivity contribution in [2.75, 3.05) is 19.6 Å². The monoisotopic (exact) mass is 473 g/mol. The normalized spacial score (nSPS) is 15.9. The van der Waals surface area contributed by atoms with Crippen LogP contribution in [0.1, 0.15) is 22.7 Å². The van der Waals surface area contributed by atoms with Crippen LogP contribution in [0.25, 0.3) is 0 Å². The highest BCUT2D eigenvalue weighted by Crippen LogP contribution is 2.35. The topological polar surface area (TPSA) is 46.6 Å². The molecule has 3 aromatic carbocycles. The summed E-state index contributed by atoms with van der Waals surface area (Å²) in [4.78, 5) is 2.37. The van der Waals surface area contributed by atoms with E-state index in [1.165, 1.54) is 4.31 Å². The third kappa shape index (κ3) is 5.75. The zero-order valence-corrected chi connectivity index (χ0v) is 19.2. The van der Waals surface area contributed by atoms with Crippen LogP contribution >= 0.6 is 23.2 Å². The minimum Gasteiger partial charge on any atom is -0.760 e. The number of hydrogen-bond acceptors (Lipinski definition) is 3. The van der Waals surface area contributed by atoms with Gasteiger partial charge in [-0.25, -0.2) is 4.31 Å². The second-order valence-electron chi connectivity index (χ2n) is 7.85. The van der Waals surface area contributed by atoms with E-state index in [2.05, 4.69) is 4.90 Å². The summed E-state index contributed by atoms with van der Waals surface area (Å²) in [5, 5.41) is 1.41. The van der Waals surface area contributed by atoms with Crippen molar-refractivity contribution in [2.45, 2.75) is 12.6 Å². The molecule has 0 amide bonds. The van der Waals surface area contributed by atoms with Gasteiger partial charge in [0.05, 0.1) is 6.04 Å². The van der Waals surface area contributed by atoms with Crippen molar-refractivity contribution in [1.29, 1.82) is 0 Å². The first kappa shape index (κ1) is 22.5. The molecule has 1 aliphatic rings. The summed E-state index contributed by atoms with van der Waals surface area (Å²) in [5.41, 5.74) is 3.29. The summed E-state index contributed by atoms with van der Waals surface area (Å²) >= 11 is 9.93. The third-order valence-electron chi connectivity index (χ3n) is 5.60. The van der Waals surface area contributed by atoms with Gasteiger partial charge in [0.2, 0.25) is 0 Å². The summed E-state index contributed by atoms with van der Waals surface area (Å²) in [6.45, 7) is 2.54. The van der Waals surface area contributed by atoms with E-state index in [-0.39, 0.29) is 12.0 Å². The van der Waals surface area contributed by atoms with Gasteiger partial charge in [0.15, 0.2) is 0 Å². The summed E-state index contributed by atoms with van der Waals surface area (Å²) < 4.78 is 25.1. The maximum absolute atomic E-state index is 11.8. The van der Waals surface area contributed by atoms with Crippen LogP contribution in [0.2, 0.25) is 10.0 Å². The Bertz CT molecular complexity index is 965. The molecule has 0 aliphatic carbocycles. The van der Waals surface area contributed by atoms with Crippen LogP contribution in [-0.2, 0) is 17.8 Å². The lowest BCUT2D eigenvalue weighted by molar-refractivity contribution is 0.0558. The minimum atomic E-state index is -2.26. The van der Waals surface area contributed by atoms with E-state index in [0.717, 1.165) is 29.8 Å². The van der Waals surface area contributed by atoms with Crippen molar-refractivity contribution in [2.24, 2.45) is 5.92 Å². The van der Waals surface area contributed by atoms with Crippen LogP contribution in [0, 0.1) is 5.92 Å². The Morgan fingerprint density at radius 2 is 1.42 bits per heavy atom. The third-order valence-corrected chi connectivity index (χ3v) is 6.80. The van der Waals surface area contributed by atoms with Gasteiger partial charge in [-0.1, -0.05) is 77.8 Å². The molecule has 0 saturated carbocycles. The van der Waals surface area contributed by atoms with Crippen LogP contribution in [0.4, 0.5) is 0 Å². The Labute approximate surface area is 195 Å². The number of likely N-dealkylation sites (tertiary alicyclic amines) is 1. The first-order chi connectivity index (χ1) is 15.0. The number of hydrogen-bond donors (Lipinski definition) is 0. The fourth-order valence-electron chi connectivity index (χ4n) is 4.09. The van der Waals surface area contributed by atoms with Crippen LogP contribution in [0.15, 0.2) is 78.9 Å². The molecule has 1 heterocycles. The summed E-state index contributed by atoms with van der Waals surface area (Å²) in [6.07, 6.45) is 0. The molecule has 1 aliphatic heterocycles. The molecule has 0 bridgehead atoms. The fourth-order valence-corrected chi connectivity index (χ4v) is 4.93. The average molecular weight is 474 g/mol. The quantitative estimate of drug-likeness (QED) is 0.416. The van der Waals surface area contributed by atoms with Crippen molar-refractivity contribution >= 4 is 34.5 Å². The summed E-state index contributed by atoms with van der Waals surface area (Å²) in [7, 11) is 0. The first-order valence-electron chi connectivity index (χ1n) is 10.1. The predicted octanol–water partition coefficient (Wildman–Crippen LogP) is 5.31. The Morgan fingerprint density at radius 1 is 0.903 bits per heavy atom. The Hall–Kier alpha value is -1.73. The number of rotatable bonds is 8. The highest BCUT2D eigenvalue weighted by Gasteiger charge is 2.35.